The Bertz CT molecular complexity index is 582. The second-order valence-corrected chi connectivity index (χ2v) is 4.62. The van der Waals surface area contributed by atoms with Gasteiger partial charge in [-0.15, -0.1) is 0 Å². The summed E-state index contributed by atoms with van der Waals surface area (Å²) in [5.74, 6) is -0.801. The molecule has 1 fully saturated rings. The topological polar surface area (TPSA) is 51.5 Å². The highest BCUT2D eigenvalue weighted by atomic mass is 16.5. The number of carboxylic acid groups (broad SMARTS) is 1. The SMILES string of the molecule is O=C(O)Cc1cn(C2CCCO2)c2ccccc12. The fourth-order valence-electron chi connectivity index (χ4n) is 2.60. The molecule has 1 unspecified atom stereocenters. The number of aliphatic carboxylic acids is 1. The molecule has 0 amide bonds. The first-order chi connectivity index (χ1) is 8.75. The third kappa shape index (κ3) is 1.88. The second-order valence-electron chi connectivity index (χ2n) is 4.62. The van der Waals surface area contributed by atoms with Gasteiger partial charge in [-0.05, 0) is 24.5 Å². The van der Waals surface area contributed by atoms with Gasteiger partial charge in [-0.25, -0.2) is 0 Å². The summed E-state index contributed by atoms with van der Waals surface area (Å²) >= 11 is 0. The Morgan fingerprint density at radius 1 is 1.44 bits per heavy atom. The van der Waals surface area contributed by atoms with E-state index in [1.165, 1.54) is 0 Å². The largest absolute Gasteiger partial charge is 0.481 e. The van der Waals surface area contributed by atoms with Crippen LogP contribution in [0.15, 0.2) is 30.5 Å². The highest BCUT2D eigenvalue weighted by Crippen LogP contribution is 2.30. The summed E-state index contributed by atoms with van der Waals surface area (Å²) in [4.78, 5) is 10.9. The van der Waals surface area contributed by atoms with E-state index in [1.807, 2.05) is 30.5 Å². The summed E-state index contributed by atoms with van der Waals surface area (Å²) < 4.78 is 7.75. The number of fused-ring (bicyclic) bond motifs is 1. The molecule has 1 atom stereocenters. The van der Waals surface area contributed by atoms with Crippen molar-refractivity contribution < 1.29 is 14.6 Å². The van der Waals surface area contributed by atoms with Gasteiger partial charge >= 0.3 is 5.97 Å². The van der Waals surface area contributed by atoms with E-state index in [1.54, 1.807) is 0 Å². The van der Waals surface area contributed by atoms with Crippen molar-refractivity contribution in [3.8, 4) is 0 Å². The number of nitrogens with zero attached hydrogens (tertiary/aromatic N) is 1. The summed E-state index contributed by atoms with van der Waals surface area (Å²) in [5.41, 5.74) is 1.91. The molecular formula is C14H15NO3. The molecule has 0 radical (unpaired) electrons. The van der Waals surface area contributed by atoms with Gasteiger partial charge in [0.2, 0.25) is 0 Å². The van der Waals surface area contributed by atoms with Gasteiger partial charge in [-0.1, -0.05) is 18.2 Å². The Hall–Kier alpha value is -1.81. The highest BCUT2D eigenvalue weighted by molar-refractivity contribution is 5.87. The van der Waals surface area contributed by atoms with Crippen molar-refractivity contribution in [1.29, 1.82) is 0 Å². The van der Waals surface area contributed by atoms with E-state index in [-0.39, 0.29) is 12.6 Å². The van der Waals surface area contributed by atoms with E-state index >= 15 is 0 Å². The predicted octanol–water partition coefficient (Wildman–Crippen LogP) is 2.58. The molecule has 3 rings (SSSR count). The molecule has 0 spiro atoms. The molecule has 4 heteroatoms. The average Bonchev–Trinajstić information content (AvgIpc) is 2.96. The zero-order valence-electron chi connectivity index (χ0n) is 10.0. The van der Waals surface area contributed by atoms with Crippen molar-refractivity contribution in [2.45, 2.75) is 25.5 Å². The number of rotatable bonds is 3. The lowest BCUT2D eigenvalue weighted by Gasteiger charge is -2.12. The number of aromatic nitrogens is 1. The van der Waals surface area contributed by atoms with E-state index in [4.69, 9.17) is 9.84 Å². The van der Waals surface area contributed by atoms with E-state index in [0.29, 0.717) is 0 Å². The Kier molecular flexibility index (Phi) is 2.80. The Balaban J connectivity index is 2.10. The van der Waals surface area contributed by atoms with Crippen LogP contribution < -0.4 is 0 Å². The molecule has 1 aromatic carbocycles. The smallest absolute Gasteiger partial charge is 0.307 e. The van der Waals surface area contributed by atoms with Crippen LogP contribution in [-0.4, -0.2) is 22.2 Å². The molecule has 1 aliphatic rings. The van der Waals surface area contributed by atoms with Crippen molar-refractivity contribution in [2.75, 3.05) is 6.61 Å². The van der Waals surface area contributed by atoms with Crippen LogP contribution in [0.3, 0.4) is 0 Å². The van der Waals surface area contributed by atoms with Gasteiger partial charge in [0.05, 0.1) is 11.9 Å². The molecule has 1 aliphatic heterocycles. The molecular weight excluding hydrogens is 230 g/mol. The van der Waals surface area contributed by atoms with Crippen LogP contribution in [0.4, 0.5) is 0 Å². The number of ether oxygens (including phenoxy) is 1. The van der Waals surface area contributed by atoms with Crippen molar-refractivity contribution in [3.63, 3.8) is 0 Å². The van der Waals surface area contributed by atoms with Crippen LogP contribution in [0, 0.1) is 0 Å². The first kappa shape index (κ1) is 11.3. The third-order valence-electron chi connectivity index (χ3n) is 3.38. The summed E-state index contributed by atoms with van der Waals surface area (Å²) in [6.07, 6.45) is 4.09. The Morgan fingerprint density at radius 3 is 3.00 bits per heavy atom. The second kappa shape index (κ2) is 4.46. The van der Waals surface area contributed by atoms with Gasteiger partial charge < -0.3 is 14.4 Å². The lowest BCUT2D eigenvalue weighted by atomic mass is 10.1. The number of hydrogen-bond donors (Lipinski definition) is 1. The lowest BCUT2D eigenvalue weighted by Crippen LogP contribution is -2.05. The van der Waals surface area contributed by atoms with Crippen LogP contribution in [0.1, 0.15) is 24.6 Å². The maximum Gasteiger partial charge on any atom is 0.307 e. The van der Waals surface area contributed by atoms with Gasteiger partial charge in [0.15, 0.2) is 0 Å². The van der Waals surface area contributed by atoms with E-state index < -0.39 is 5.97 Å². The first-order valence-electron chi connectivity index (χ1n) is 6.17. The molecule has 1 saturated heterocycles. The zero-order chi connectivity index (χ0) is 12.5. The molecule has 4 nitrogen and oxygen atoms in total. The Morgan fingerprint density at radius 2 is 2.28 bits per heavy atom. The standard InChI is InChI=1S/C14H15NO3/c16-14(17)8-10-9-15(13-6-3-7-18-13)12-5-2-1-4-11(10)12/h1-2,4-5,9,13H,3,6-8H2,(H,16,17). The average molecular weight is 245 g/mol. The summed E-state index contributed by atoms with van der Waals surface area (Å²) in [6, 6.07) is 7.90. The molecule has 1 N–H and O–H groups in total. The predicted molar refractivity (Wildman–Crippen MR) is 67.5 cm³/mol. The summed E-state index contributed by atoms with van der Waals surface area (Å²) in [5, 5.41) is 9.97. The minimum Gasteiger partial charge on any atom is -0.481 e. The molecule has 2 heterocycles. The minimum absolute atomic E-state index is 0.0532. The summed E-state index contributed by atoms with van der Waals surface area (Å²) in [7, 11) is 0. The summed E-state index contributed by atoms with van der Waals surface area (Å²) in [6.45, 7) is 0.783. The van der Waals surface area contributed by atoms with Crippen LogP contribution in [0.25, 0.3) is 10.9 Å². The Labute approximate surface area is 105 Å². The monoisotopic (exact) mass is 245 g/mol. The third-order valence-corrected chi connectivity index (χ3v) is 3.38. The van der Waals surface area contributed by atoms with Crippen molar-refractivity contribution in [1.82, 2.24) is 4.57 Å². The molecule has 1 aromatic heterocycles. The van der Waals surface area contributed by atoms with E-state index in [0.717, 1.165) is 35.9 Å². The highest BCUT2D eigenvalue weighted by Gasteiger charge is 2.20. The van der Waals surface area contributed by atoms with Crippen molar-refractivity contribution in [3.05, 3.63) is 36.0 Å². The fourth-order valence-corrected chi connectivity index (χ4v) is 2.60. The van der Waals surface area contributed by atoms with Crippen molar-refractivity contribution in [2.24, 2.45) is 0 Å². The van der Waals surface area contributed by atoms with E-state index in [2.05, 4.69) is 4.57 Å². The fraction of sp³-hybridized carbons (Fsp3) is 0.357. The normalized spacial score (nSPS) is 19.4. The minimum atomic E-state index is -0.801. The number of carboxylic acids is 1. The maximum absolute atomic E-state index is 10.9. The van der Waals surface area contributed by atoms with Crippen molar-refractivity contribution >= 4 is 16.9 Å². The maximum atomic E-state index is 10.9. The molecule has 2 aromatic rings. The zero-order valence-corrected chi connectivity index (χ0v) is 10.0. The van der Waals surface area contributed by atoms with Gasteiger partial charge in [0.1, 0.15) is 6.23 Å². The van der Waals surface area contributed by atoms with Gasteiger partial charge in [-0.2, -0.15) is 0 Å². The number of hydrogen-bond acceptors (Lipinski definition) is 2. The van der Waals surface area contributed by atoms with Crippen LogP contribution in [0.2, 0.25) is 0 Å². The van der Waals surface area contributed by atoms with Gasteiger partial charge in [0.25, 0.3) is 0 Å². The van der Waals surface area contributed by atoms with Crippen LogP contribution in [0.5, 0.6) is 0 Å². The lowest BCUT2D eigenvalue weighted by molar-refractivity contribution is -0.136. The number of carbonyl (C=O) groups is 1. The molecule has 18 heavy (non-hydrogen) atoms. The number of benzene rings is 1. The molecule has 0 aliphatic carbocycles. The van der Waals surface area contributed by atoms with Crippen LogP contribution >= 0.6 is 0 Å². The van der Waals surface area contributed by atoms with Gasteiger partial charge in [-0.3, -0.25) is 4.79 Å². The quantitative estimate of drug-likeness (QED) is 0.904. The number of para-hydroxylation sites is 1. The molecule has 94 valence electrons. The van der Waals surface area contributed by atoms with Gasteiger partial charge in [0, 0.05) is 18.2 Å². The van der Waals surface area contributed by atoms with Crippen LogP contribution in [-0.2, 0) is 16.0 Å². The van der Waals surface area contributed by atoms with E-state index in [9.17, 15) is 4.79 Å². The molecule has 0 bridgehead atoms. The molecule has 0 saturated carbocycles. The first-order valence-corrected chi connectivity index (χ1v) is 6.17.